The Morgan fingerprint density at radius 1 is 1.14 bits per heavy atom. The molecule has 1 aromatic rings. The van der Waals surface area contributed by atoms with Gasteiger partial charge in [0.1, 0.15) is 0 Å². The van der Waals surface area contributed by atoms with E-state index in [2.05, 4.69) is 5.32 Å². The number of nitrogens with zero attached hydrogens (tertiary/aromatic N) is 1. The van der Waals surface area contributed by atoms with E-state index in [1.807, 2.05) is 30.3 Å². The summed E-state index contributed by atoms with van der Waals surface area (Å²) in [5.41, 5.74) is 1.21. The van der Waals surface area contributed by atoms with Crippen LogP contribution >= 0.6 is 11.8 Å². The lowest BCUT2D eigenvalue weighted by Crippen LogP contribution is -2.41. The normalized spacial score (nSPS) is 14.6. The summed E-state index contributed by atoms with van der Waals surface area (Å²) in [6.45, 7) is 3.15. The summed E-state index contributed by atoms with van der Waals surface area (Å²) < 4.78 is 5.21. The molecule has 0 aromatic heterocycles. The maximum Gasteiger partial charge on any atom is 0.232 e. The molecular formula is C16H22N2O3S. The lowest BCUT2D eigenvalue weighted by atomic mass is 10.1. The van der Waals surface area contributed by atoms with Gasteiger partial charge in [0.25, 0.3) is 0 Å². The third-order valence-corrected chi connectivity index (χ3v) is 4.32. The summed E-state index contributed by atoms with van der Waals surface area (Å²) >= 11 is 1.37. The predicted molar refractivity (Wildman–Crippen MR) is 87.9 cm³/mol. The lowest BCUT2D eigenvalue weighted by Gasteiger charge is -2.26. The number of morpholine rings is 1. The standard InChI is InChI=1S/C16H22N2O3S/c19-15(17-7-6-14-4-2-1-3-5-14)12-22-13-16(20)18-8-10-21-11-9-18/h1-5H,6-13H2,(H,17,19). The molecule has 0 aliphatic carbocycles. The number of hydrogen-bond donors (Lipinski definition) is 1. The number of thioether (sulfide) groups is 1. The highest BCUT2D eigenvalue weighted by Crippen LogP contribution is 2.05. The molecule has 1 saturated heterocycles. The first-order valence-corrected chi connectivity index (χ1v) is 8.65. The third kappa shape index (κ3) is 6.07. The van der Waals surface area contributed by atoms with E-state index in [0.29, 0.717) is 44.4 Å². The second-order valence-electron chi connectivity index (χ2n) is 5.07. The first-order valence-electron chi connectivity index (χ1n) is 7.49. The monoisotopic (exact) mass is 322 g/mol. The number of carbonyl (C=O) groups is 2. The van der Waals surface area contributed by atoms with Gasteiger partial charge < -0.3 is 15.0 Å². The molecule has 5 nitrogen and oxygen atoms in total. The molecule has 1 heterocycles. The number of carbonyl (C=O) groups excluding carboxylic acids is 2. The molecule has 2 amide bonds. The fraction of sp³-hybridized carbons (Fsp3) is 0.500. The fourth-order valence-electron chi connectivity index (χ4n) is 2.18. The van der Waals surface area contributed by atoms with Crippen LogP contribution in [0.3, 0.4) is 0 Å². The maximum atomic E-state index is 11.9. The minimum Gasteiger partial charge on any atom is -0.378 e. The summed E-state index contributed by atoms with van der Waals surface area (Å²) in [7, 11) is 0. The lowest BCUT2D eigenvalue weighted by molar-refractivity contribution is -0.132. The van der Waals surface area contributed by atoms with Gasteiger partial charge in [-0.3, -0.25) is 9.59 Å². The molecule has 1 aromatic carbocycles. The van der Waals surface area contributed by atoms with Crippen LogP contribution in [-0.4, -0.2) is 61.1 Å². The molecule has 120 valence electrons. The molecule has 0 bridgehead atoms. The second-order valence-corrected chi connectivity index (χ2v) is 6.06. The van der Waals surface area contributed by atoms with Crippen molar-refractivity contribution in [3.05, 3.63) is 35.9 Å². The number of nitrogens with one attached hydrogen (secondary N) is 1. The molecular weight excluding hydrogens is 300 g/mol. The molecule has 1 aliphatic rings. The summed E-state index contributed by atoms with van der Waals surface area (Å²) in [5, 5.41) is 2.88. The van der Waals surface area contributed by atoms with Crippen molar-refractivity contribution in [1.29, 1.82) is 0 Å². The van der Waals surface area contributed by atoms with Crippen LogP contribution in [0.5, 0.6) is 0 Å². The zero-order valence-corrected chi connectivity index (χ0v) is 13.4. The highest BCUT2D eigenvalue weighted by atomic mass is 32.2. The SMILES string of the molecule is O=C(CSCC(=O)N1CCOCC1)NCCc1ccccc1. The van der Waals surface area contributed by atoms with Gasteiger partial charge in [0.05, 0.1) is 24.7 Å². The van der Waals surface area contributed by atoms with Crippen molar-refractivity contribution < 1.29 is 14.3 Å². The van der Waals surface area contributed by atoms with Crippen molar-refractivity contribution >= 4 is 23.6 Å². The molecule has 6 heteroatoms. The third-order valence-electron chi connectivity index (χ3n) is 3.40. The summed E-state index contributed by atoms with van der Waals surface area (Å²) in [4.78, 5) is 25.4. The number of rotatable bonds is 7. The van der Waals surface area contributed by atoms with Gasteiger partial charge in [-0.15, -0.1) is 11.8 Å². The average molecular weight is 322 g/mol. The van der Waals surface area contributed by atoms with E-state index >= 15 is 0 Å². The molecule has 1 aliphatic heterocycles. The summed E-state index contributed by atoms with van der Waals surface area (Å²) in [6, 6.07) is 10.0. The van der Waals surface area contributed by atoms with Gasteiger partial charge in [0.2, 0.25) is 11.8 Å². The van der Waals surface area contributed by atoms with E-state index in [1.165, 1.54) is 17.3 Å². The molecule has 22 heavy (non-hydrogen) atoms. The zero-order chi connectivity index (χ0) is 15.6. The topological polar surface area (TPSA) is 58.6 Å². The molecule has 1 fully saturated rings. The van der Waals surface area contributed by atoms with Gasteiger partial charge in [-0.1, -0.05) is 30.3 Å². The van der Waals surface area contributed by atoms with Crippen molar-refractivity contribution in [1.82, 2.24) is 10.2 Å². The van der Waals surface area contributed by atoms with Crippen molar-refractivity contribution in [2.24, 2.45) is 0 Å². The smallest absolute Gasteiger partial charge is 0.232 e. The van der Waals surface area contributed by atoms with Crippen LogP contribution in [0, 0.1) is 0 Å². The van der Waals surface area contributed by atoms with Crippen LogP contribution in [0.4, 0.5) is 0 Å². The number of amides is 2. The number of ether oxygens (including phenoxy) is 1. The van der Waals surface area contributed by atoms with Crippen molar-refractivity contribution in [3.63, 3.8) is 0 Å². The number of hydrogen-bond acceptors (Lipinski definition) is 4. The van der Waals surface area contributed by atoms with Crippen LogP contribution in [0.2, 0.25) is 0 Å². The molecule has 0 saturated carbocycles. The highest BCUT2D eigenvalue weighted by Gasteiger charge is 2.16. The fourth-order valence-corrected chi connectivity index (χ4v) is 2.92. The van der Waals surface area contributed by atoms with E-state index in [4.69, 9.17) is 4.74 Å². The Bertz CT molecular complexity index is 476. The van der Waals surface area contributed by atoms with Gasteiger partial charge in [-0.25, -0.2) is 0 Å². The van der Waals surface area contributed by atoms with E-state index < -0.39 is 0 Å². The summed E-state index contributed by atoms with van der Waals surface area (Å²) in [6.07, 6.45) is 0.823. The van der Waals surface area contributed by atoms with Crippen LogP contribution in [-0.2, 0) is 20.7 Å². The number of benzene rings is 1. The van der Waals surface area contributed by atoms with Gasteiger partial charge in [0, 0.05) is 19.6 Å². The first-order chi connectivity index (χ1) is 10.8. The van der Waals surface area contributed by atoms with Gasteiger partial charge in [-0.05, 0) is 12.0 Å². The van der Waals surface area contributed by atoms with E-state index in [9.17, 15) is 9.59 Å². The average Bonchev–Trinajstić information content (AvgIpc) is 2.56. The van der Waals surface area contributed by atoms with Crippen LogP contribution in [0.25, 0.3) is 0 Å². The Morgan fingerprint density at radius 3 is 2.59 bits per heavy atom. The highest BCUT2D eigenvalue weighted by molar-refractivity contribution is 8.00. The molecule has 0 unspecified atom stereocenters. The second kappa shape index (κ2) is 9.48. The summed E-state index contributed by atoms with van der Waals surface area (Å²) in [5.74, 6) is 0.748. The van der Waals surface area contributed by atoms with Crippen molar-refractivity contribution in [2.75, 3.05) is 44.4 Å². The van der Waals surface area contributed by atoms with Crippen LogP contribution < -0.4 is 5.32 Å². The van der Waals surface area contributed by atoms with Crippen LogP contribution in [0.1, 0.15) is 5.56 Å². The van der Waals surface area contributed by atoms with Gasteiger partial charge in [-0.2, -0.15) is 0 Å². The Hall–Kier alpha value is -1.53. The van der Waals surface area contributed by atoms with Crippen molar-refractivity contribution in [2.45, 2.75) is 6.42 Å². The largest absolute Gasteiger partial charge is 0.378 e. The van der Waals surface area contributed by atoms with E-state index in [1.54, 1.807) is 4.90 Å². The molecule has 1 N–H and O–H groups in total. The van der Waals surface area contributed by atoms with E-state index in [-0.39, 0.29) is 11.8 Å². The quantitative estimate of drug-likeness (QED) is 0.812. The Balaban J connectivity index is 1.54. The molecule has 0 spiro atoms. The Morgan fingerprint density at radius 2 is 1.86 bits per heavy atom. The predicted octanol–water partition coefficient (Wildman–Crippen LogP) is 0.937. The van der Waals surface area contributed by atoms with E-state index in [0.717, 1.165) is 6.42 Å². The maximum absolute atomic E-state index is 11.9. The molecule has 0 atom stereocenters. The molecule has 0 radical (unpaired) electrons. The van der Waals surface area contributed by atoms with Crippen molar-refractivity contribution in [3.8, 4) is 0 Å². The minimum absolute atomic E-state index is 0.0179. The first kappa shape index (κ1) is 16.8. The van der Waals surface area contributed by atoms with Gasteiger partial charge in [0.15, 0.2) is 0 Å². The molecule has 2 rings (SSSR count). The zero-order valence-electron chi connectivity index (χ0n) is 12.6. The van der Waals surface area contributed by atoms with Crippen LogP contribution in [0.15, 0.2) is 30.3 Å². The van der Waals surface area contributed by atoms with Gasteiger partial charge >= 0.3 is 0 Å². The minimum atomic E-state index is -0.0179. The Labute approximate surface area is 135 Å². The Kier molecular flexibility index (Phi) is 7.25.